The van der Waals surface area contributed by atoms with Gasteiger partial charge in [0.2, 0.25) is 5.91 Å². The minimum atomic E-state index is -0.719. The molecule has 0 saturated carbocycles. The molecule has 0 aliphatic carbocycles. The second kappa shape index (κ2) is 6.86. The van der Waals surface area contributed by atoms with Gasteiger partial charge in [0.15, 0.2) is 0 Å². The van der Waals surface area contributed by atoms with Gasteiger partial charge in [-0.25, -0.2) is 8.78 Å². The van der Waals surface area contributed by atoms with Crippen molar-refractivity contribution in [1.82, 2.24) is 5.32 Å². The third kappa shape index (κ3) is 4.63. The highest BCUT2D eigenvalue weighted by atomic mass is 19.1. The lowest BCUT2D eigenvalue weighted by Gasteiger charge is -2.04. The normalized spacial score (nSPS) is 12.7. The van der Waals surface area contributed by atoms with Crippen molar-refractivity contribution in [3.63, 3.8) is 0 Å². The summed E-state index contributed by atoms with van der Waals surface area (Å²) in [6.07, 6.45) is 2.07. The maximum Gasteiger partial charge on any atom is 0.244 e. The topological polar surface area (TPSA) is 49.3 Å². The van der Waals surface area contributed by atoms with Gasteiger partial charge in [-0.2, -0.15) is 0 Å². The van der Waals surface area contributed by atoms with Crippen molar-refractivity contribution < 1.29 is 18.7 Å². The summed E-state index contributed by atoms with van der Waals surface area (Å²) in [5.74, 6) is -1.90. The van der Waals surface area contributed by atoms with Crippen molar-refractivity contribution in [3.8, 4) is 0 Å². The van der Waals surface area contributed by atoms with Crippen LogP contribution in [0.2, 0.25) is 0 Å². The summed E-state index contributed by atoms with van der Waals surface area (Å²) in [6.45, 7) is 1.91. The number of carbonyl (C=O) groups is 1. The first-order valence-corrected chi connectivity index (χ1v) is 5.58. The first-order chi connectivity index (χ1) is 8.50. The number of hydrogen-bond donors (Lipinski definition) is 2. The first-order valence-electron chi connectivity index (χ1n) is 5.58. The lowest BCUT2D eigenvalue weighted by atomic mass is 10.2. The smallest absolute Gasteiger partial charge is 0.244 e. The number of aliphatic hydroxyl groups is 1. The van der Waals surface area contributed by atoms with Crippen LogP contribution in [0.5, 0.6) is 0 Å². The minimum Gasteiger partial charge on any atom is -0.393 e. The van der Waals surface area contributed by atoms with Gasteiger partial charge in [0.05, 0.1) is 6.10 Å². The Balaban J connectivity index is 2.56. The SMILES string of the molecule is CC(O)CCNC(=O)C=Cc1c(F)cccc1F. The zero-order valence-electron chi connectivity index (χ0n) is 9.99. The molecule has 0 aliphatic heterocycles. The fourth-order valence-electron chi connectivity index (χ4n) is 1.29. The lowest BCUT2D eigenvalue weighted by molar-refractivity contribution is -0.116. The molecule has 98 valence electrons. The molecule has 1 unspecified atom stereocenters. The predicted octanol–water partition coefficient (Wildman–Crippen LogP) is 1.87. The van der Waals surface area contributed by atoms with E-state index in [9.17, 15) is 13.6 Å². The fourth-order valence-corrected chi connectivity index (χ4v) is 1.29. The minimum absolute atomic E-state index is 0.247. The number of carbonyl (C=O) groups excluding carboxylic acids is 1. The highest BCUT2D eigenvalue weighted by molar-refractivity contribution is 5.91. The van der Waals surface area contributed by atoms with Crippen molar-refractivity contribution in [3.05, 3.63) is 41.5 Å². The average Bonchev–Trinajstić information content (AvgIpc) is 2.27. The predicted molar refractivity (Wildman–Crippen MR) is 64.7 cm³/mol. The molecule has 0 saturated heterocycles. The van der Waals surface area contributed by atoms with Crippen molar-refractivity contribution in [2.45, 2.75) is 19.4 Å². The Morgan fingerprint density at radius 2 is 2.06 bits per heavy atom. The molecule has 1 rings (SSSR count). The summed E-state index contributed by atoms with van der Waals surface area (Å²) in [7, 11) is 0. The van der Waals surface area contributed by atoms with Gasteiger partial charge >= 0.3 is 0 Å². The van der Waals surface area contributed by atoms with Crippen LogP contribution in [0.15, 0.2) is 24.3 Å². The fraction of sp³-hybridized carbons (Fsp3) is 0.308. The first kappa shape index (κ1) is 14.3. The van der Waals surface area contributed by atoms with Crippen LogP contribution in [0, 0.1) is 11.6 Å². The molecule has 0 aliphatic rings. The van der Waals surface area contributed by atoms with E-state index < -0.39 is 23.6 Å². The van der Waals surface area contributed by atoms with E-state index in [1.165, 1.54) is 6.07 Å². The maximum absolute atomic E-state index is 13.2. The number of amides is 1. The highest BCUT2D eigenvalue weighted by Crippen LogP contribution is 2.13. The summed E-state index contributed by atoms with van der Waals surface area (Å²) in [5.41, 5.74) is -0.247. The van der Waals surface area contributed by atoms with E-state index in [0.717, 1.165) is 24.3 Å². The zero-order chi connectivity index (χ0) is 13.5. The number of halogens is 2. The van der Waals surface area contributed by atoms with Crippen LogP contribution in [0.3, 0.4) is 0 Å². The van der Waals surface area contributed by atoms with E-state index in [-0.39, 0.29) is 5.56 Å². The molecule has 1 amide bonds. The zero-order valence-corrected chi connectivity index (χ0v) is 9.99. The van der Waals surface area contributed by atoms with Crippen molar-refractivity contribution in [1.29, 1.82) is 0 Å². The second-order valence-corrected chi connectivity index (χ2v) is 3.90. The molecular weight excluding hydrogens is 240 g/mol. The molecule has 0 heterocycles. The van der Waals surface area contributed by atoms with Crippen LogP contribution < -0.4 is 5.32 Å². The Bertz CT molecular complexity index is 424. The monoisotopic (exact) mass is 255 g/mol. The standard InChI is InChI=1S/C13H15F2NO2/c1-9(17)7-8-16-13(18)6-5-10-11(14)3-2-4-12(10)15/h2-6,9,17H,7-8H2,1H3,(H,16,18). The number of rotatable bonds is 5. The van der Waals surface area contributed by atoms with E-state index in [0.29, 0.717) is 13.0 Å². The van der Waals surface area contributed by atoms with E-state index in [1.807, 2.05) is 0 Å². The Morgan fingerprint density at radius 1 is 1.44 bits per heavy atom. The molecule has 0 fully saturated rings. The van der Waals surface area contributed by atoms with Gasteiger partial charge in [0, 0.05) is 18.2 Å². The third-order valence-corrected chi connectivity index (χ3v) is 2.26. The number of benzene rings is 1. The van der Waals surface area contributed by atoms with E-state index >= 15 is 0 Å². The molecule has 0 spiro atoms. The summed E-state index contributed by atoms with van der Waals surface area (Å²) in [4.78, 5) is 11.3. The second-order valence-electron chi connectivity index (χ2n) is 3.90. The number of hydrogen-bond acceptors (Lipinski definition) is 2. The average molecular weight is 255 g/mol. The summed E-state index contributed by atoms with van der Waals surface area (Å²) >= 11 is 0. The lowest BCUT2D eigenvalue weighted by Crippen LogP contribution is -2.24. The summed E-state index contributed by atoms with van der Waals surface area (Å²) in [5, 5.41) is 11.5. The van der Waals surface area contributed by atoms with Crippen molar-refractivity contribution in [2.24, 2.45) is 0 Å². The van der Waals surface area contributed by atoms with Crippen LogP contribution in [0.4, 0.5) is 8.78 Å². The third-order valence-electron chi connectivity index (χ3n) is 2.26. The number of nitrogens with one attached hydrogen (secondary N) is 1. The van der Waals surface area contributed by atoms with Gasteiger partial charge in [-0.05, 0) is 31.6 Å². The van der Waals surface area contributed by atoms with E-state index in [2.05, 4.69) is 5.32 Å². The maximum atomic E-state index is 13.2. The van der Waals surface area contributed by atoms with Gasteiger partial charge in [0.1, 0.15) is 11.6 Å². The quantitative estimate of drug-likeness (QED) is 0.789. The number of aliphatic hydroxyl groups excluding tert-OH is 1. The molecule has 1 aromatic rings. The van der Waals surface area contributed by atoms with Crippen LogP contribution in [0.1, 0.15) is 18.9 Å². The van der Waals surface area contributed by atoms with Crippen LogP contribution in [0.25, 0.3) is 6.08 Å². The van der Waals surface area contributed by atoms with Crippen LogP contribution >= 0.6 is 0 Å². The van der Waals surface area contributed by atoms with Gasteiger partial charge in [-0.1, -0.05) is 6.07 Å². The Hall–Kier alpha value is -1.75. The van der Waals surface area contributed by atoms with E-state index in [4.69, 9.17) is 5.11 Å². The van der Waals surface area contributed by atoms with E-state index in [1.54, 1.807) is 6.92 Å². The molecule has 0 aromatic heterocycles. The molecule has 5 heteroatoms. The molecule has 2 N–H and O–H groups in total. The molecule has 0 bridgehead atoms. The van der Waals surface area contributed by atoms with Crippen LogP contribution in [-0.2, 0) is 4.79 Å². The molecule has 0 radical (unpaired) electrons. The Kier molecular flexibility index (Phi) is 5.45. The van der Waals surface area contributed by atoms with Crippen molar-refractivity contribution >= 4 is 12.0 Å². The molecule has 18 heavy (non-hydrogen) atoms. The highest BCUT2D eigenvalue weighted by Gasteiger charge is 2.05. The van der Waals surface area contributed by atoms with Gasteiger partial charge in [-0.15, -0.1) is 0 Å². The molecule has 1 aromatic carbocycles. The molecular formula is C13H15F2NO2. The largest absolute Gasteiger partial charge is 0.393 e. The van der Waals surface area contributed by atoms with Gasteiger partial charge in [0.25, 0.3) is 0 Å². The summed E-state index contributed by atoms with van der Waals surface area (Å²) in [6, 6.07) is 3.49. The molecule has 1 atom stereocenters. The Morgan fingerprint density at radius 3 is 2.61 bits per heavy atom. The van der Waals surface area contributed by atoms with Crippen molar-refractivity contribution in [2.75, 3.05) is 6.54 Å². The van der Waals surface area contributed by atoms with Gasteiger partial charge < -0.3 is 10.4 Å². The van der Waals surface area contributed by atoms with Gasteiger partial charge in [-0.3, -0.25) is 4.79 Å². The summed E-state index contributed by atoms with van der Waals surface area (Å²) < 4.78 is 26.4. The Labute approximate surface area is 104 Å². The van der Waals surface area contributed by atoms with Crippen LogP contribution in [-0.4, -0.2) is 23.7 Å². The molecule has 3 nitrogen and oxygen atoms in total.